The quantitative estimate of drug-likeness (QED) is 0.470. The molecule has 8 nitrogen and oxygen atoms in total. The maximum atomic E-state index is 12.7. The molecule has 0 radical (unpaired) electrons. The molecule has 0 aliphatic heterocycles. The van der Waals surface area contributed by atoms with Crippen molar-refractivity contribution in [2.45, 2.75) is 25.8 Å². The summed E-state index contributed by atoms with van der Waals surface area (Å²) < 4.78 is 7.38. The van der Waals surface area contributed by atoms with E-state index in [0.29, 0.717) is 24.6 Å². The van der Waals surface area contributed by atoms with Gasteiger partial charge in [-0.1, -0.05) is 30.3 Å². The number of aromatic nitrogens is 5. The van der Waals surface area contributed by atoms with E-state index < -0.39 is 0 Å². The fraction of sp³-hybridized carbons (Fsp3) is 0.227. The predicted octanol–water partition coefficient (Wildman–Crippen LogP) is 3.47. The molecule has 4 rings (SSSR count). The lowest BCUT2D eigenvalue weighted by molar-refractivity contribution is -0.131. The Bertz CT molecular complexity index is 1090. The minimum Gasteiger partial charge on any atom is -0.421 e. The average Bonchev–Trinajstić information content (AvgIpc) is 3.50. The van der Waals surface area contributed by atoms with E-state index in [1.165, 1.54) is 6.33 Å². The molecule has 0 bridgehead atoms. The summed E-state index contributed by atoms with van der Waals surface area (Å²) in [6.07, 6.45) is 3.85. The number of carbonyl (C=O) groups is 1. The SMILES string of the molecule is C[C@H](c1ccc(-n2cncn2)cc1)N(C)C(=O)CCc1nnc(-c2ccccc2)o1. The maximum Gasteiger partial charge on any atom is 0.247 e. The van der Waals surface area contributed by atoms with Crippen LogP contribution in [0.2, 0.25) is 0 Å². The van der Waals surface area contributed by atoms with Gasteiger partial charge in [-0.05, 0) is 36.8 Å². The Morgan fingerprint density at radius 1 is 1.10 bits per heavy atom. The van der Waals surface area contributed by atoms with Gasteiger partial charge in [0.15, 0.2) is 0 Å². The standard InChI is InChI=1S/C22H22N6O2/c1-16(17-8-10-19(11-9-17)28-15-23-14-24-28)27(2)21(29)13-12-20-25-26-22(30-20)18-6-4-3-5-7-18/h3-11,14-16H,12-13H2,1-2H3/t16-/m1/s1. The zero-order valence-electron chi connectivity index (χ0n) is 16.8. The van der Waals surface area contributed by atoms with Crippen LogP contribution in [0.25, 0.3) is 17.1 Å². The Kier molecular flexibility index (Phi) is 5.65. The van der Waals surface area contributed by atoms with Gasteiger partial charge in [-0.3, -0.25) is 4.79 Å². The highest BCUT2D eigenvalue weighted by molar-refractivity contribution is 5.76. The Morgan fingerprint density at radius 3 is 2.57 bits per heavy atom. The molecule has 0 spiro atoms. The molecule has 0 saturated heterocycles. The molecule has 0 saturated carbocycles. The van der Waals surface area contributed by atoms with Gasteiger partial charge in [-0.15, -0.1) is 10.2 Å². The van der Waals surface area contributed by atoms with Gasteiger partial charge >= 0.3 is 0 Å². The molecule has 0 N–H and O–H groups in total. The molecular weight excluding hydrogens is 380 g/mol. The summed E-state index contributed by atoms with van der Waals surface area (Å²) in [5.41, 5.74) is 2.82. The van der Waals surface area contributed by atoms with Crippen LogP contribution in [-0.4, -0.2) is 42.8 Å². The van der Waals surface area contributed by atoms with E-state index in [9.17, 15) is 4.79 Å². The van der Waals surface area contributed by atoms with Crippen LogP contribution in [0.5, 0.6) is 0 Å². The van der Waals surface area contributed by atoms with Crippen molar-refractivity contribution in [3.63, 3.8) is 0 Å². The van der Waals surface area contributed by atoms with Gasteiger partial charge in [0.1, 0.15) is 12.7 Å². The fourth-order valence-electron chi connectivity index (χ4n) is 3.13. The minimum atomic E-state index is -0.0649. The van der Waals surface area contributed by atoms with Gasteiger partial charge in [0.2, 0.25) is 17.7 Å². The molecule has 30 heavy (non-hydrogen) atoms. The highest BCUT2D eigenvalue weighted by Crippen LogP contribution is 2.22. The topological polar surface area (TPSA) is 89.9 Å². The molecule has 1 atom stereocenters. The lowest BCUT2D eigenvalue weighted by Gasteiger charge is -2.25. The van der Waals surface area contributed by atoms with Crippen LogP contribution in [0.15, 0.2) is 71.7 Å². The normalized spacial score (nSPS) is 11.9. The summed E-state index contributed by atoms with van der Waals surface area (Å²) in [5.74, 6) is 0.940. The lowest BCUT2D eigenvalue weighted by Crippen LogP contribution is -2.29. The molecule has 8 heteroatoms. The van der Waals surface area contributed by atoms with E-state index in [4.69, 9.17) is 4.42 Å². The van der Waals surface area contributed by atoms with Gasteiger partial charge in [-0.2, -0.15) is 5.10 Å². The minimum absolute atomic E-state index is 0.0160. The second-order valence-corrected chi connectivity index (χ2v) is 6.98. The Hall–Kier alpha value is -3.81. The molecule has 0 fully saturated rings. The van der Waals surface area contributed by atoms with Crippen LogP contribution in [0.3, 0.4) is 0 Å². The van der Waals surface area contributed by atoms with Crippen molar-refractivity contribution in [3.8, 4) is 17.1 Å². The Balaban J connectivity index is 1.35. The summed E-state index contributed by atoms with van der Waals surface area (Å²) in [6.45, 7) is 2.00. The molecular formula is C22H22N6O2. The number of benzene rings is 2. The maximum absolute atomic E-state index is 12.7. The molecule has 4 aromatic rings. The lowest BCUT2D eigenvalue weighted by atomic mass is 10.1. The Morgan fingerprint density at radius 2 is 1.87 bits per heavy atom. The van der Waals surface area contributed by atoms with E-state index in [2.05, 4.69) is 20.3 Å². The van der Waals surface area contributed by atoms with E-state index in [1.807, 2.05) is 68.6 Å². The van der Waals surface area contributed by atoms with Crippen molar-refractivity contribution < 1.29 is 9.21 Å². The predicted molar refractivity (Wildman–Crippen MR) is 111 cm³/mol. The van der Waals surface area contributed by atoms with E-state index >= 15 is 0 Å². The zero-order valence-corrected chi connectivity index (χ0v) is 16.8. The largest absolute Gasteiger partial charge is 0.421 e. The monoisotopic (exact) mass is 402 g/mol. The van der Waals surface area contributed by atoms with Gasteiger partial charge in [0, 0.05) is 25.5 Å². The van der Waals surface area contributed by atoms with Crippen LogP contribution in [0.4, 0.5) is 0 Å². The third-order valence-corrected chi connectivity index (χ3v) is 5.07. The first-order valence-electron chi connectivity index (χ1n) is 9.70. The summed E-state index contributed by atoms with van der Waals surface area (Å²) >= 11 is 0. The smallest absolute Gasteiger partial charge is 0.247 e. The molecule has 2 aromatic heterocycles. The molecule has 2 aromatic carbocycles. The van der Waals surface area contributed by atoms with Gasteiger partial charge in [0.25, 0.3) is 0 Å². The molecule has 0 unspecified atom stereocenters. The Labute approximate surface area is 174 Å². The number of hydrogen-bond donors (Lipinski definition) is 0. The first-order chi connectivity index (χ1) is 14.6. The summed E-state index contributed by atoms with van der Waals surface area (Å²) in [4.78, 5) is 18.4. The number of rotatable bonds is 7. The molecule has 2 heterocycles. The van der Waals surface area contributed by atoms with E-state index in [-0.39, 0.29) is 11.9 Å². The van der Waals surface area contributed by atoms with Crippen LogP contribution < -0.4 is 0 Å². The van der Waals surface area contributed by atoms with E-state index in [1.54, 1.807) is 15.9 Å². The number of hydrogen-bond acceptors (Lipinski definition) is 6. The first kappa shape index (κ1) is 19.5. The number of nitrogens with zero attached hydrogens (tertiary/aromatic N) is 6. The third kappa shape index (κ3) is 4.27. The zero-order chi connectivity index (χ0) is 20.9. The van der Waals surface area contributed by atoms with Gasteiger partial charge in [0.05, 0.1) is 11.7 Å². The second kappa shape index (κ2) is 8.69. The van der Waals surface area contributed by atoms with Crippen LogP contribution in [0, 0.1) is 0 Å². The van der Waals surface area contributed by atoms with Crippen molar-refractivity contribution in [3.05, 3.63) is 78.7 Å². The third-order valence-electron chi connectivity index (χ3n) is 5.07. The number of carbonyl (C=O) groups excluding carboxylic acids is 1. The van der Waals surface area contributed by atoms with Crippen LogP contribution >= 0.6 is 0 Å². The highest BCUT2D eigenvalue weighted by atomic mass is 16.4. The highest BCUT2D eigenvalue weighted by Gasteiger charge is 2.19. The molecule has 0 aliphatic rings. The van der Waals surface area contributed by atoms with Crippen LogP contribution in [-0.2, 0) is 11.2 Å². The molecule has 0 aliphatic carbocycles. The van der Waals surface area contributed by atoms with Crippen molar-refractivity contribution in [2.24, 2.45) is 0 Å². The van der Waals surface area contributed by atoms with Gasteiger partial charge in [-0.25, -0.2) is 9.67 Å². The fourth-order valence-corrected chi connectivity index (χ4v) is 3.13. The second-order valence-electron chi connectivity index (χ2n) is 6.98. The van der Waals surface area contributed by atoms with E-state index in [0.717, 1.165) is 16.8 Å². The van der Waals surface area contributed by atoms with Crippen molar-refractivity contribution in [1.82, 2.24) is 29.9 Å². The first-order valence-corrected chi connectivity index (χ1v) is 9.70. The summed E-state index contributed by atoms with van der Waals surface area (Å²) in [7, 11) is 1.81. The summed E-state index contributed by atoms with van der Waals surface area (Å²) in [6, 6.07) is 17.4. The van der Waals surface area contributed by atoms with Gasteiger partial charge < -0.3 is 9.32 Å². The summed E-state index contributed by atoms with van der Waals surface area (Å²) in [5, 5.41) is 12.2. The molecule has 1 amide bonds. The average molecular weight is 402 g/mol. The number of amides is 1. The van der Waals surface area contributed by atoms with Crippen molar-refractivity contribution >= 4 is 5.91 Å². The molecule has 152 valence electrons. The van der Waals surface area contributed by atoms with Crippen LogP contribution in [0.1, 0.15) is 30.8 Å². The number of aryl methyl sites for hydroxylation is 1. The van der Waals surface area contributed by atoms with Crippen molar-refractivity contribution in [2.75, 3.05) is 7.05 Å². The van der Waals surface area contributed by atoms with Crippen molar-refractivity contribution in [1.29, 1.82) is 0 Å².